The van der Waals surface area contributed by atoms with Crippen LogP contribution in [0.3, 0.4) is 0 Å². The summed E-state index contributed by atoms with van der Waals surface area (Å²) in [6, 6.07) is 0. The third kappa shape index (κ3) is 4.64. The van der Waals surface area contributed by atoms with Crippen LogP contribution in [0.15, 0.2) is 0 Å². The fraction of sp³-hybridized carbons (Fsp3) is 1.00. The van der Waals surface area contributed by atoms with Crippen molar-refractivity contribution >= 4 is 8.03 Å². The number of nitrogens with two attached hydrogens (primary N) is 1. The third-order valence-corrected chi connectivity index (χ3v) is 2.11. The molecule has 0 fully saturated rings. The van der Waals surface area contributed by atoms with Crippen molar-refractivity contribution in [1.82, 2.24) is 0 Å². The van der Waals surface area contributed by atoms with Crippen molar-refractivity contribution in [2.24, 2.45) is 11.7 Å². The maximum atomic E-state index is 12.0. The highest BCUT2D eigenvalue weighted by molar-refractivity contribution is 7.38. The van der Waals surface area contributed by atoms with E-state index in [1.54, 1.807) is 0 Å². The minimum absolute atomic E-state index is 0.132. The summed E-state index contributed by atoms with van der Waals surface area (Å²) >= 11 is 0. The molecule has 0 saturated heterocycles. The van der Waals surface area contributed by atoms with Crippen molar-refractivity contribution in [3.63, 3.8) is 0 Å². The zero-order valence-corrected chi connectivity index (χ0v) is 7.11. The van der Waals surface area contributed by atoms with Crippen molar-refractivity contribution in [2.45, 2.75) is 12.6 Å². The van der Waals surface area contributed by atoms with Gasteiger partial charge in [-0.25, -0.2) is 0 Å². The molecule has 7 heteroatoms. The van der Waals surface area contributed by atoms with Gasteiger partial charge in [-0.1, -0.05) is 0 Å². The molecule has 0 saturated carbocycles. The Kier molecular flexibility index (Phi) is 4.67. The molecule has 0 amide bonds. The SMILES string of the molecule is NCCC(C[P+](=O)O)C(F)(F)F. The van der Waals surface area contributed by atoms with Crippen LogP contribution >= 0.6 is 8.03 Å². The lowest BCUT2D eigenvalue weighted by Gasteiger charge is -2.13. The smallest absolute Gasteiger partial charge is 0.330 e. The van der Waals surface area contributed by atoms with Crippen LogP contribution in [0.1, 0.15) is 6.42 Å². The van der Waals surface area contributed by atoms with E-state index in [0.29, 0.717) is 0 Å². The van der Waals surface area contributed by atoms with Crippen molar-refractivity contribution < 1.29 is 22.6 Å². The Bertz CT molecular complexity index is 161. The Balaban J connectivity index is 4.13. The highest BCUT2D eigenvalue weighted by atomic mass is 31.1. The van der Waals surface area contributed by atoms with Gasteiger partial charge in [0, 0.05) is 0 Å². The Morgan fingerprint density at radius 3 is 2.25 bits per heavy atom. The Morgan fingerprint density at radius 1 is 1.50 bits per heavy atom. The molecular formula is C5H10F3NO2P+. The van der Waals surface area contributed by atoms with Crippen molar-refractivity contribution in [3.05, 3.63) is 0 Å². The number of hydrogen-bond donors (Lipinski definition) is 2. The largest absolute Gasteiger partial charge is 0.506 e. The second kappa shape index (κ2) is 4.74. The molecule has 0 spiro atoms. The molecule has 0 heterocycles. The van der Waals surface area contributed by atoms with Crippen LogP contribution in [0.25, 0.3) is 0 Å². The molecule has 0 aromatic heterocycles. The Morgan fingerprint density at radius 2 is 2.00 bits per heavy atom. The first-order chi connectivity index (χ1) is 5.38. The minimum Gasteiger partial charge on any atom is -0.330 e. The standard InChI is InChI=1S/C5H9F3NO2P/c6-5(7,8)4(1-2-9)3-12(10)11/h4H,1-3,9H2/p+1. The number of hydrogen-bond acceptors (Lipinski definition) is 2. The van der Waals surface area contributed by atoms with E-state index in [1.807, 2.05) is 0 Å². The number of halogens is 3. The monoisotopic (exact) mass is 204 g/mol. The second-order valence-corrected chi connectivity index (χ2v) is 3.42. The van der Waals surface area contributed by atoms with Crippen molar-refractivity contribution in [2.75, 3.05) is 12.7 Å². The first-order valence-electron chi connectivity index (χ1n) is 3.28. The van der Waals surface area contributed by atoms with Gasteiger partial charge in [0.15, 0.2) is 6.16 Å². The summed E-state index contributed by atoms with van der Waals surface area (Å²) in [7, 11) is -2.74. The lowest BCUT2D eigenvalue weighted by atomic mass is 10.1. The van der Waals surface area contributed by atoms with Crippen LogP contribution in [-0.4, -0.2) is 23.8 Å². The molecule has 0 aliphatic rings. The summed E-state index contributed by atoms with van der Waals surface area (Å²) in [5.41, 5.74) is 4.93. The first kappa shape index (κ1) is 11.8. The van der Waals surface area contributed by atoms with Gasteiger partial charge in [0.2, 0.25) is 0 Å². The molecule has 12 heavy (non-hydrogen) atoms. The van der Waals surface area contributed by atoms with E-state index in [1.165, 1.54) is 0 Å². The Hall–Kier alpha value is -0.190. The fourth-order valence-corrected chi connectivity index (χ4v) is 1.51. The van der Waals surface area contributed by atoms with Gasteiger partial charge in [-0.15, -0.1) is 0 Å². The van der Waals surface area contributed by atoms with E-state index >= 15 is 0 Å². The predicted molar refractivity (Wildman–Crippen MR) is 37.9 cm³/mol. The van der Waals surface area contributed by atoms with Crippen LogP contribution in [0, 0.1) is 5.92 Å². The summed E-state index contributed by atoms with van der Waals surface area (Å²) in [6.45, 7) is -0.132. The van der Waals surface area contributed by atoms with Crippen LogP contribution in [-0.2, 0) is 4.57 Å². The molecule has 2 unspecified atom stereocenters. The summed E-state index contributed by atoms with van der Waals surface area (Å²) in [6.07, 6.45) is -5.48. The summed E-state index contributed by atoms with van der Waals surface area (Å²) in [5, 5.41) is 0. The van der Waals surface area contributed by atoms with Gasteiger partial charge in [-0.05, 0) is 17.5 Å². The van der Waals surface area contributed by atoms with Crippen LogP contribution in [0.4, 0.5) is 13.2 Å². The number of rotatable bonds is 4. The molecular weight excluding hydrogens is 194 g/mol. The molecule has 2 atom stereocenters. The van der Waals surface area contributed by atoms with E-state index in [-0.39, 0.29) is 13.0 Å². The highest BCUT2D eigenvalue weighted by Gasteiger charge is 2.43. The van der Waals surface area contributed by atoms with E-state index in [4.69, 9.17) is 10.6 Å². The average molecular weight is 204 g/mol. The third-order valence-electron chi connectivity index (χ3n) is 1.35. The normalized spacial score (nSPS) is 15.9. The van der Waals surface area contributed by atoms with Crippen molar-refractivity contribution in [3.8, 4) is 0 Å². The Labute approximate surface area is 68.6 Å². The average Bonchev–Trinajstić information content (AvgIpc) is 1.83. The van der Waals surface area contributed by atoms with Gasteiger partial charge < -0.3 is 5.73 Å². The molecule has 72 valence electrons. The lowest BCUT2D eigenvalue weighted by molar-refractivity contribution is -0.169. The highest BCUT2D eigenvalue weighted by Crippen LogP contribution is 2.34. The van der Waals surface area contributed by atoms with Gasteiger partial charge in [0.25, 0.3) is 0 Å². The fourth-order valence-electron chi connectivity index (χ4n) is 0.748. The molecule has 0 aromatic rings. The predicted octanol–water partition coefficient (Wildman–Crippen LogP) is 1.25. The summed E-state index contributed by atoms with van der Waals surface area (Å²) in [4.78, 5) is 8.28. The van der Waals surface area contributed by atoms with Crippen LogP contribution in [0.5, 0.6) is 0 Å². The van der Waals surface area contributed by atoms with Crippen LogP contribution < -0.4 is 5.73 Å². The quantitative estimate of drug-likeness (QED) is 0.677. The molecule has 0 aromatic carbocycles. The van der Waals surface area contributed by atoms with Gasteiger partial charge in [0.05, 0.1) is 0 Å². The molecule has 0 aliphatic heterocycles. The maximum absolute atomic E-state index is 12.0. The molecule has 0 aliphatic carbocycles. The van der Waals surface area contributed by atoms with Gasteiger partial charge in [0.1, 0.15) is 5.92 Å². The van der Waals surface area contributed by atoms with Gasteiger partial charge >= 0.3 is 14.2 Å². The summed E-state index contributed by atoms with van der Waals surface area (Å²) in [5.74, 6) is -1.75. The minimum atomic E-state index is -4.42. The van der Waals surface area contributed by atoms with Gasteiger partial charge in [-0.3, -0.25) is 0 Å². The van der Waals surface area contributed by atoms with E-state index in [2.05, 4.69) is 0 Å². The number of alkyl halides is 3. The molecule has 0 rings (SSSR count). The second-order valence-electron chi connectivity index (χ2n) is 2.35. The topological polar surface area (TPSA) is 63.3 Å². The van der Waals surface area contributed by atoms with Gasteiger partial charge in [-0.2, -0.15) is 18.1 Å². The first-order valence-corrected chi connectivity index (χ1v) is 4.68. The van der Waals surface area contributed by atoms with E-state index in [0.717, 1.165) is 0 Å². The molecule has 0 bridgehead atoms. The molecule has 3 N–H and O–H groups in total. The van der Waals surface area contributed by atoms with Crippen molar-refractivity contribution in [1.29, 1.82) is 0 Å². The zero-order chi connectivity index (χ0) is 9.78. The maximum Gasteiger partial charge on any atom is 0.506 e. The zero-order valence-electron chi connectivity index (χ0n) is 6.21. The summed E-state index contributed by atoms with van der Waals surface area (Å²) < 4.78 is 46.1. The van der Waals surface area contributed by atoms with E-state index < -0.39 is 26.3 Å². The van der Waals surface area contributed by atoms with E-state index in [9.17, 15) is 17.7 Å². The molecule has 3 nitrogen and oxygen atoms in total. The lowest BCUT2D eigenvalue weighted by Crippen LogP contribution is -2.27. The molecule has 0 radical (unpaired) electrons. The van der Waals surface area contributed by atoms with Crippen LogP contribution in [0.2, 0.25) is 0 Å².